The molecular formula is C13H20N4O3S. The highest BCUT2D eigenvalue weighted by Gasteiger charge is 2.30. The van der Waals surface area contributed by atoms with Crippen molar-refractivity contribution in [2.45, 2.75) is 6.92 Å². The molecule has 116 valence electrons. The van der Waals surface area contributed by atoms with Gasteiger partial charge in [-0.1, -0.05) is 0 Å². The molecule has 1 aliphatic heterocycles. The number of aromatic nitrogens is 1. The van der Waals surface area contributed by atoms with E-state index in [9.17, 15) is 13.2 Å². The van der Waals surface area contributed by atoms with Gasteiger partial charge in [-0.3, -0.25) is 9.78 Å². The number of rotatable bonds is 3. The van der Waals surface area contributed by atoms with E-state index < -0.39 is 10.2 Å². The maximum atomic E-state index is 12.3. The molecule has 0 aromatic carbocycles. The van der Waals surface area contributed by atoms with Crippen molar-refractivity contribution in [3.63, 3.8) is 0 Å². The van der Waals surface area contributed by atoms with Crippen molar-refractivity contribution in [1.29, 1.82) is 0 Å². The molecule has 21 heavy (non-hydrogen) atoms. The van der Waals surface area contributed by atoms with Gasteiger partial charge in [0.15, 0.2) is 0 Å². The third-order valence-electron chi connectivity index (χ3n) is 3.47. The van der Waals surface area contributed by atoms with Crippen molar-refractivity contribution >= 4 is 16.1 Å². The molecule has 0 radical (unpaired) electrons. The van der Waals surface area contributed by atoms with Gasteiger partial charge >= 0.3 is 0 Å². The largest absolute Gasteiger partial charge is 0.336 e. The average Bonchev–Trinajstić information content (AvgIpc) is 2.47. The molecule has 1 aliphatic rings. The van der Waals surface area contributed by atoms with Crippen LogP contribution < -0.4 is 0 Å². The smallest absolute Gasteiger partial charge is 0.281 e. The summed E-state index contributed by atoms with van der Waals surface area (Å²) in [5.74, 6) is -0.107. The van der Waals surface area contributed by atoms with Crippen molar-refractivity contribution in [2.75, 3.05) is 40.3 Å². The normalized spacial score (nSPS) is 17.2. The Bertz CT molecular complexity index is 605. The number of piperazine rings is 1. The van der Waals surface area contributed by atoms with Crippen LogP contribution in [-0.4, -0.2) is 73.1 Å². The highest BCUT2D eigenvalue weighted by Crippen LogP contribution is 2.12. The van der Waals surface area contributed by atoms with Gasteiger partial charge in [0.25, 0.3) is 16.1 Å². The number of nitrogens with zero attached hydrogens (tertiary/aromatic N) is 4. The lowest BCUT2D eigenvalue weighted by Crippen LogP contribution is -2.53. The van der Waals surface area contributed by atoms with Crippen molar-refractivity contribution in [3.8, 4) is 0 Å². The SMILES string of the molecule is Cc1ccc(C(=O)N2CCN(S(=O)(=O)N(C)C)CC2)cn1. The van der Waals surface area contributed by atoms with E-state index in [0.717, 1.165) is 5.69 Å². The number of hydrogen-bond acceptors (Lipinski definition) is 4. The number of amides is 1. The van der Waals surface area contributed by atoms with Crippen molar-refractivity contribution in [2.24, 2.45) is 0 Å². The Morgan fingerprint density at radius 2 is 1.81 bits per heavy atom. The average molecular weight is 312 g/mol. The van der Waals surface area contributed by atoms with Crippen LogP contribution in [0.25, 0.3) is 0 Å². The molecule has 2 heterocycles. The molecule has 0 N–H and O–H groups in total. The molecule has 0 bridgehead atoms. The van der Waals surface area contributed by atoms with Crippen LogP contribution in [0.3, 0.4) is 0 Å². The van der Waals surface area contributed by atoms with E-state index in [2.05, 4.69) is 4.98 Å². The lowest BCUT2D eigenvalue weighted by atomic mass is 10.2. The van der Waals surface area contributed by atoms with Crippen LogP contribution in [0, 0.1) is 6.92 Å². The molecule has 7 nitrogen and oxygen atoms in total. The fourth-order valence-corrected chi connectivity index (χ4v) is 3.22. The molecule has 0 spiro atoms. The van der Waals surface area contributed by atoms with Gasteiger partial charge in [-0.2, -0.15) is 17.0 Å². The van der Waals surface area contributed by atoms with Gasteiger partial charge in [-0.25, -0.2) is 0 Å². The molecular weight excluding hydrogens is 292 g/mol. The van der Waals surface area contributed by atoms with Gasteiger partial charge in [0.1, 0.15) is 0 Å². The predicted molar refractivity (Wildman–Crippen MR) is 79.1 cm³/mol. The van der Waals surface area contributed by atoms with Gasteiger partial charge in [-0.05, 0) is 19.1 Å². The Hall–Kier alpha value is -1.51. The molecule has 2 rings (SSSR count). The van der Waals surface area contributed by atoms with E-state index in [4.69, 9.17) is 0 Å². The second kappa shape index (κ2) is 6.08. The molecule has 0 unspecified atom stereocenters. The van der Waals surface area contributed by atoms with Crippen molar-refractivity contribution < 1.29 is 13.2 Å². The van der Waals surface area contributed by atoms with Crippen molar-refractivity contribution in [1.82, 2.24) is 18.5 Å². The molecule has 1 saturated heterocycles. The third kappa shape index (κ3) is 3.39. The molecule has 0 saturated carbocycles. The second-order valence-corrected chi connectivity index (χ2v) is 7.31. The standard InChI is InChI=1S/C13H20N4O3S/c1-11-4-5-12(10-14-11)13(18)16-6-8-17(9-7-16)21(19,20)15(2)3/h4-5,10H,6-9H2,1-3H3. The summed E-state index contributed by atoms with van der Waals surface area (Å²) >= 11 is 0. The first-order valence-electron chi connectivity index (χ1n) is 6.72. The monoisotopic (exact) mass is 312 g/mol. The van der Waals surface area contributed by atoms with E-state index in [1.54, 1.807) is 23.2 Å². The number of pyridine rings is 1. The molecule has 1 fully saturated rings. The van der Waals surface area contributed by atoms with E-state index in [-0.39, 0.29) is 5.91 Å². The van der Waals surface area contributed by atoms with Gasteiger partial charge in [-0.15, -0.1) is 0 Å². The molecule has 1 aromatic heterocycles. The first-order chi connectivity index (χ1) is 9.82. The van der Waals surface area contributed by atoms with Crippen LogP contribution in [0.15, 0.2) is 18.3 Å². The summed E-state index contributed by atoms with van der Waals surface area (Å²) < 4.78 is 26.6. The maximum absolute atomic E-state index is 12.3. The predicted octanol–water partition coefficient (Wildman–Crippen LogP) is -0.0458. The highest BCUT2D eigenvalue weighted by molar-refractivity contribution is 7.86. The number of carbonyl (C=O) groups excluding carboxylic acids is 1. The zero-order valence-electron chi connectivity index (χ0n) is 12.5. The summed E-state index contributed by atoms with van der Waals surface area (Å²) in [6.07, 6.45) is 1.56. The van der Waals surface area contributed by atoms with Gasteiger partial charge < -0.3 is 4.90 Å². The first-order valence-corrected chi connectivity index (χ1v) is 8.11. The number of aryl methyl sites for hydroxylation is 1. The Labute approximate surface area is 125 Å². The summed E-state index contributed by atoms with van der Waals surface area (Å²) in [6.45, 7) is 3.26. The van der Waals surface area contributed by atoms with Crippen LogP contribution in [0.5, 0.6) is 0 Å². The van der Waals surface area contributed by atoms with Gasteiger partial charge in [0, 0.05) is 52.2 Å². The summed E-state index contributed by atoms with van der Waals surface area (Å²) in [6, 6.07) is 3.54. The zero-order chi connectivity index (χ0) is 15.6. The van der Waals surface area contributed by atoms with E-state index in [1.165, 1.54) is 22.7 Å². The van der Waals surface area contributed by atoms with Crippen LogP contribution in [0.2, 0.25) is 0 Å². The third-order valence-corrected chi connectivity index (χ3v) is 5.41. The first kappa shape index (κ1) is 15.9. The van der Waals surface area contributed by atoms with Crippen LogP contribution >= 0.6 is 0 Å². The van der Waals surface area contributed by atoms with Crippen LogP contribution in [0.4, 0.5) is 0 Å². The number of hydrogen-bond donors (Lipinski definition) is 0. The topological polar surface area (TPSA) is 73.8 Å². The van der Waals surface area contributed by atoms with Gasteiger partial charge in [0.2, 0.25) is 0 Å². The fourth-order valence-electron chi connectivity index (χ4n) is 2.13. The number of carbonyl (C=O) groups is 1. The zero-order valence-corrected chi connectivity index (χ0v) is 13.3. The van der Waals surface area contributed by atoms with E-state index in [1.807, 2.05) is 6.92 Å². The van der Waals surface area contributed by atoms with Crippen LogP contribution in [-0.2, 0) is 10.2 Å². The lowest BCUT2D eigenvalue weighted by molar-refractivity contribution is 0.0695. The summed E-state index contributed by atoms with van der Waals surface area (Å²) in [5.41, 5.74) is 1.39. The van der Waals surface area contributed by atoms with E-state index in [0.29, 0.717) is 31.7 Å². The Balaban J connectivity index is 2.01. The minimum absolute atomic E-state index is 0.107. The lowest BCUT2D eigenvalue weighted by Gasteiger charge is -2.35. The Morgan fingerprint density at radius 1 is 1.19 bits per heavy atom. The van der Waals surface area contributed by atoms with Crippen LogP contribution in [0.1, 0.15) is 16.1 Å². The highest BCUT2D eigenvalue weighted by atomic mass is 32.2. The minimum atomic E-state index is -3.40. The molecule has 0 aliphatic carbocycles. The summed E-state index contributed by atoms with van der Waals surface area (Å²) in [7, 11) is -0.393. The molecule has 8 heteroatoms. The van der Waals surface area contributed by atoms with Crippen molar-refractivity contribution in [3.05, 3.63) is 29.6 Å². The maximum Gasteiger partial charge on any atom is 0.281 e. The summed E-state index contributed by atoms with van der Waals surface area (Å²) in [5, 5.41) is 0. The summed E-state index contributed by atoms with van der Waals surface area (Å²) in [4.78, 5) is 18.1. The fraction of sp³-hybridized carbons (Fsp3) is 0.538. The quantitative estimate of drug-likeness (QED) is 0.784. The molecule has 1 aromatic rings. The minimum Gasteiger partial charge on any atom is -0.336 e. The molecule has 1 amide bonds. The Kier molecular flexibility index (Phi) is 4.60. The van der Waals surface area contributed by atoms with Gasteiger partial charge in [0.05, 0.1) is 5.56 Å². The Morgan fingerprint density at radius 3 is 2.29 bits per heavy atom. The molecule has 0 atom stereocenters. The van der Waals surface area contributed by atoms with E-state index >= 15 is 0 Å². The second-order valence-electron chi connectivity index (χ2n) is 5.17.